The molecule has 0 fully saturated rings. The molecule has 1 rings (SSSR count). The van der Waals surface area contributed by atoms with Crippen molar-refractivity contribution in [2.24, 2.45) is 0 Å². The van der Waals surface area contributed by atoms with Crippen molar-refractivity contribution in [1.82, 2.24) is 10.0 Å². The van der Waals surface area contributed by atoms with E-state index in [0.29, 0.717) is 0 Å². The van der Waals surface area contributed by atoms with Gasteiger partial charge < -0.3 is 5.32 Å². The van der Waals surface area contributed by atoms with E-state index < -0.39 is 32.4 Å². The van der Waals surface area contributed by atoms with Crippen molar-refractivity contribution in [1.29, 1.82) is 0 Å². The minimum atomic E-state index is -3.34. The van der Waals surface area contributed by atoms with E-state index in [2.05, 4.69) is 10.0 Å². The van der Waals surface area contributed by atoms with E-state index in [-0.39, 0.29) is 18.7 Å². The molecule has 1 aromatic carbocycles. The maximum atomic E-state index is 13.3. The van der Waals surface area contributed by atoms with Gasteiger partial charge in [0.1, 0.15) is 0 Å². The average molecular weight is 305 g/mol. The van der Waals surface area contributed by atoms with Crippen LogP contribution in [-0.4, -0.2) is 38.6 Å². The van der Waals surface area contributed by atoms with Crippen molar-refractivity contribution in [2.45, 2.75) is 0 Å². The Balaban J connectivity index is 2.60. The number of benzene rings is 1. The van der Waals surface area contributed by atoms with Gasteiger partial charge in [-0.05, 0) is 12.1 Å². The second-order valence-corrected chi connectivity index (χ2v) is 5.68. The second-order valence-electron chi connectivity index (χ2n) is 3.85. The number of nitrogens with one attached hydrogen (secondary N) is 2. The van der Waals surface area contributed by atoms with Crippen LogP contribution in [0.4, 0.5) is 10.1 Å². The number of nitrogens with zero attached hydrogens (tertiary/aromatic N) is 1. The van der Waals surface area contributed by atoms with E-state index in [9.17, 15) is 27.7 Å². The van der Waals surface area contributed by atoms with Crippen molar-refractivity contribution in [3.63, 3.8) is 0 Å². The molecule has 1 aromatic rings. The Bertz CT molecular complexity index is 632. The number of hydrogen-bond donors (Lipinski definition) is 2. The molecule has 0 aliphatic rings. The van der Waals surface area contributed by atoms with Crippen molar-refractivity contribution in [3.8, 4) is 0 Å². The molecular weight excluding hydrogens is 293 g/mol. The summed E-state index contributed by atoms with van der Waals surface area (Å²) < 4.78 is 37.0. The third-order valence-electron chi connectivity index (χ3n) is 2.18. The van der Waals surface area contributed by atoms with Crippen molar-refractivity contribution < 1.29 is 22.5 Å². The van der Waals surface area contributed by atoms with Crippen LogP contribution in [-0.2, 0) is 10.0 Å². The summed E-state index contributed by atoms with van der Waals surface area (Å²) in [7, 11) is -3.34. The smallest absolute Gasteiger partial charge is 0.304 e. The van der Waals surface area contributed by atoms with E-state index in [1.165, 1.54) is 0 Å². The first-order valence-corrected chi connectivity index (χ1v) is 7.26. The van der Waals surface area contributed by atoms with Crippen LogP contribution in [0.3, 0.4) is 0 Å². The van der Waals surface area contributed by atoms with E-state index in [0.717, 1.165) is 24.5 Å². The van der Waals surface area contributed by atoms with Crippen LogP contribution in [0.25, 0.3) is 0 Å². The largest absolute Gasteiger partial charge is 0.351 e. The van der Waals surface area contributed by atoms with Gasteiger partial charge in [0.05, 0.1) is 11.2 Å². The maximum absolute atomic E-state index is 13.3. The minimum absolute atomic E-state index is 0.00447. The van der Waals surface area contributed by atoms with Crippen molar-refractivity contribution in [2.75, 3.05) is 19.3 Å². The Morgan fingerprint density at radius 3 is 2.55 bits per heavy atom. The van der Waals surface area contributed by atoms with Crippen LogP contribution in [0.15, 0.2) is 18.2 Å². The van der Waals surface area contributed by atoms with Crippen LogP contribution in [0.1, 0.15) is 10.4 Å². The first-order chi connectivity index (χ1) is 9.20. The fraction of sp³-hybridized carbons (Fsp3) is 0.300. The summed E-state index contributed by atoms with van der Waals surface area (Å²) >= 11 is 0. The molecule has 20 heavy (non-hydrogen) atoms. The molecule has 0 saturated heterocycles. The number of carbonyl (C=O) groups excluding carboxylic acids is 1. The molecule has 0 saturated carbocycles. The summed E-state index contributed by atoms with van der Waals surface area (Å²) in [6.45, 7) is -0.00938. The Morgan fingerprint density at radius 1 is 1.40 bits per heavy atom. The first kappa shape index (κ1) is 16.0. The number of rotatable bonds is 6. The Labute approximate surface area is 114 Å². The molecule has 0 heterocycles. The van der Waals surface area contributed by atoms with Crippen LogP contribution >= 0.6 is 0 Å². The summed E-state index contributed by atoms with van der Waals surface area (Å²) in [4.78, 5) is 21.1. The molecule has 0 aliphatic carbocycles. The number of nitro groups is 1. The number of halogens is 1. The van der Waals surface area contributed by atoms with Gasteiger partial charge in [-0.2, -0.15) is 4.39 Å². The predicted octanol–water partition coefficient (Wildman–Crippen LogP) is 0.0129. The molecule has 0 aliphatic heterocycles. The SMILES string of the molecule is CS(=O)(=O)NCCNC(=O)c1ccc([N+](=O)[O-])c(F)c1. The summed E-state index contributed by atoms with van der Waals surface area (Å²) in [6, 6.07) is 2.75. The highest BCUT2D eigenvalue weighted by atomic mass is 32.2. The van der Waals surface area contributed by atoms with Gasteiger partial charge in [0.25, 0.3) is 5.91 Å². The molecule has 0 bridgehead atoms. The zero-order chi connectivity index (χ0) is 15.3. The predicted molar refractivity (Wildman–Crippen MR) is 68.2 cm³/mol. The summed E-state index contributed by atoms with van der Waals surface area (Å²) in [5, 5.41) is 12.8. The monoisotopic (exact) mass is 305 g/mol. The van der Waals surface area contributed by atoms with Crippen molar-refractivity contribution in [3.05, 3.63) is 39.7 Å². The van der Waals surface area contributed by atoms with Gasteiger partial charge in [0.2, 0.25) is 15.8 Å². The van der Waals surface area contributed by atoms with Crippen LogP contribution in [0, 0.1) is 15.9 Å². The summed E-state index contributed by atoms with van der Waals surface area (Å²) in [5.41, 5.74) is -0.812. The molecule has 0 spiro atoms. The van der Waals surface area contributed by atoms with Gasteiger partial charge in [0, 0.05) is 24.7 Å². The fourth-order valence-corrected chi connectivity index (χ4v) is 1.78. The van der Waals surface area contributed by atoms with E-state index in [4.69, 9.17) is 0 Å². The Hall–Kier alpha value is -2.07. The lowest BCUT2D eigenvalue weighted by Gasteiger charge is -2.05. The highest BCUT2D eigenvalue weighted by Gasteiger charge is 2.16. The Kier molecular flexibility index (Phi) is 5.11. The topological polar surface area (TPSA) is 118 Å². The lowest BCUT2D eigenvalue weighted by atomic mass is 10.2. The minimum Gasteiger partial charge on any atom is -0.351 e. The Morgan fingerprint density at radius 2 is 2.05 bits per heavy atom. The van der Waals surface area contributed by atoms with Gasteiger partial charge in [-0.25, -0.2) is 13.1 Å². The van der Waals surface area contributed by atoms with E-state index >= 15 is 0 Å². The maximum Gasteiger partial charge on any atom is 0.304 e. The molecular formula is C10H12FN3O5S. The molecule has 10 heteroatoms. The van der Waals surface area contributed by atoms with Gasteiger partial charge >= 0.3 is 5.69 Å². The molecule has 1 amide bonds. The van der Waals surface area contributed by atoms with Crippen LogP contribution in [0.5, 0.6) is 0 Å². The van der Waals surface area contributed by atoms with Gasteiger partial charge in [-0.3, -0.25) is 14.9 Å². The number of hydrogen-bond acceptors (Lipinski definition) is 5. The van der Waals surface area contributed by atoms with Gasteiger partial charge in [-0.1, -0.05) is 0 Å². The zero-order valence-electron chi connectivity index (χ0n) is 10.4. The molecule has 0 radical (unpaired) electrons. The standard InChI is InChI=1S/C10H12FN3O5S/c1-20(18,19)13-5-4-12-10(15)7-2-3-9(14(16)17)8(11)6-7/h2-3,6,13H,4-5H2,1H3,(H,12,15). The third-order valence-corrected chi connectivity index (χ3v) is 2.91. The molecule has 8 nitrogen and oxygen atoms in total. The number of amides is 1. The highest BCUT2D eigenvalue weighted by molar-refractivity contribution is 7.88. The molecule has 0 aromatic heterocycles. The zero-order valence-corrected chi connectivity index (χ0v) is 11.2. The first-order valence-electron chi connectivity index (χ1n) is 5.37. The summed E-state index contributed by atoms with van der Waals surface area (Å²) in [5.74, 6) is -1.77. The number of sulfonamides is 1. The van der Waals surface area contributed by atoms with Gasteiger partial charge in [0.15, 0.2) is 0 Å². The van der Waals surface area contributed by atoms with E-state index in [1.54, 1.807) is 0 Å². The normalized spacial score (nSPS) is 11.1. The molecule has 110 valence electrons. The lowest BCUT2D eigenvalue weighted by Crippen LogP contribution is -2.34. The molecule has 0 atom stereocenters. The summed E-state index contributed by atoms with van der Waals surface area (Å²) in [6.07, 6.45) is 0.973. The van der Waals surface area contributed by atoms with Crippen LogP contribution < -0.4 is 10.0 Å². The van der Waals surface area contributed by atoms with Crippen molar-refractivity contribution >= 4 is 21.6 Å². The quantitative estimate of drug-likeness (QED) is 0.436. The average Bonchev–Trinajstić information content (AvgIpc) is 2.32. The fourth-order valence-electron chi connectivity index (χ4n) is 1.31. The second kappa shape index (κ2) is 6.39. The van der Waals surface area contributed by atoms with Crippen LogP contribution in [0.2, 0.25) is 0 Å². The molecule has 0 unspecified atom stereocenters. The third kappa shape index (κ3) is 4.90. The highest BCUT2D eigenvalue weighted by Crippen LogP contribution is 2.17. The molecule has 2 N–H and O–H groups in total. The van der Waals surface area contributed by atoms with E-state index in [1.807, 2.05) is 0 Å². The number of nitro benzene ring substituents is 1. The van der Waals surface area contributed by atoms with Gasteiger partial charge in [-0.15, -0.1) is 0 Å². The lowest BCUT2D eigenvalue weighted by molar-refractivity contribution is -0.387. The number of carbonyl (C=O) groups is 1.